The molecule has 24 heteroatoms. The Bertz CT molecular complexity index is 1870. The maximum Gasteiger partial charge on any atom is 0.410 e. The minimum Gasteiger partial charge on any atom is -0.480 e. The van der Waals surface area contributed by atoms with Crippen molar-refractivity contribution in [3.63, 3.8) is 0 Å². The quantitative estimate of drug-likeness (QED) is 0.164. The third-order valence-electron chi connectivity index (χ3n) is 12.1. The number of ether oxygens (including phenoxy) is 3. The van der Waals surface area contributed by atoms with E-state index in [1.807, 2.05) is 0 Å². The lowest BCUT2D eigenvalue weighted by molar-refractivity contribution is -0.154. The summed E-state index contributed by atoms with van der Waals surface area (Å²) in [5.74, 6) is -3.84. The van der Waals surface area contributed by atoms with Crippen LogP contribution in [-0.4, -0.2) is 215 Å². The van der Waals surface area contributed by atoms with Crippen LogP contribution >= 0.6 is 0 Å². The maximum atomic E-state index is 13.6. The summed E-state index contributed by atoms with van der Waals surface area (Å²) in [6, 6.07) is -7.28. The number of esters is 1. The van der Waals surface area contributed by atoms with Gasteiger partial charge in [0.15, 0.2) is 0 Å². The lowest BCUT2D eigenvalue weighted by Crippen LogP contribution is -2.62. The molecule has 0 aromatic heterocycles. The van der Waals surface area contributed by atoms with Crippen LogP contribution in [0.2, 0.25) is 0 Å². The minimum atomic E-state index is -1.16. The predicted octanol–water partition coefficient (Wildman–Crippen LogP) is 0.520. The van der Waals surface area contributed by atoms with Crippen LogP contribution in [-0.2, 0) is 43.0 Å². The number of hydrogen-bond acceptors (Lipinski definition) is 13. The normalized spacial score (nSPS) is 24.0. The first-order chi connectivity index (χ1) is 31.1. The van der Waals surface area contributed by atoms with Gasteiger partial charge in [-0.3, -0.25) is 29.0 Å². The topological polar surface area (TPSA) is 286 Å². The van der Waals surface area contributed by atoms with Crippen molar-refractivity contribution in [2.75, 3.05) is 61.5 Å². The number of hydrogen-bond donors (Lipinski definition) is 5. The summed E-state index contributed by atoms with van der Waals surface area (Å²) >= 11 is 0. The van der Waals surface area contributed by atoms with E-state index in [9.17, 15) is 53.1 Å². The number of amides is 10. The Balaban J connectivity index is 0.000000355. The molecule has 10 amide bonds. The first-order valence-corrected chi connectivity index (χ1v) is 22.5. The molecule has 378 valence electrons. The van der Waals surface area contributed by atoms with Crippen molar-refractivity contribution in [2.45, 2.75) is 153 Å². The molecule has 0 aromatic carbocycles. The van der Waals surface area contributed by atoms with Gasteiger partial charge in [0.2, 0.25) is 23.6 Å². The molecule has 4 aliphatic heterocycles. The number of urea groups is 2. The van der Waals surface area contributed by atoms with E-state index >= 15 is 0 Å². The second-order valence-electron chi connectivity index (χ2n) is 19.1. The fraction of sp³-hybridized carbons (Fsp3) is 0.767. The van der Waals surface area contributed by atoms with Crippen LogP contribution in [0.5, 0.6) is 0 Å². The van der Waals surface area contributed by atoms with E-state index < -0.39 is 101 Å². The van der Waals surface area contributed by atoms with Crippen molar-refractivity contribution in [3.8, 4) is 0 Å². The minimum absolute atomic E-state index is 0.0791. The Morgan fingerprint density at radius 3 is 1.31 bits per heavy atom. The number of nitrogens with one attached hydrogen (secondary N) is 4. The molecule has 5 N–H and O–H groups in total. The highest BCUT2D eigenvalue weighted by atomic mass is 16.6. The Labute approximate surface area is 392 Å². The van der Waals surface area contributed by atoms with Crippen LogP contribution in [0.25, 0.3) is 0 Å². The molecule has 0 aromatic rings. The average molecular weight is 953 g/mol. The van der Waals surface area contributed by atoms with Gasteiger partial charge in [-0.1, -0.05) is 0 Å². The molecule has 0 saturated carbocycles. The van der Waals surface area contributed by atoms with Gasteiger partial charge in [-0.05, 0) is 93.9 Å². The van der Waals surface area contributed by atoms with Crippen LogP contribution in [0.4, 0.5) is 19.2 Å². The van der Waals surface area contributed by atoms with Gasteiger partial charge in [0, 0.05) is 53.4 Å². The van der Waals surface area contributed by atoms with E-state index in [2.05, 4.69) is 21.3 Å². The van der Waals surface area contributed by atoms with Gasteiger partial charge in [-0.15, -0.1) is 0 Å². The Morgan fingerprint density at radius 1 is 0.627 bits per heavy atom. The van der Waals surface area contributed by atoms with E-state index in [1.54, 1.807) is 41.5 Å². The van der Waals surface area contributed by atoms with Gasteiger partial charge in [0.1, 0.15) is 47.5 Å². The lowest BCUT2D eigenvalue weighted by Gasteiger charge is -2.38. The zero-order chi connectivity index (χ0) is 50.9. The van der Waals surface area contributed by atoms with Gasteiger partial charge < -0.3 is 60.2 Å². The van der Waals surface area contributed by atoms with Crippen molar-refractivity contribution < 1.29 is 67.3 Å². The monoisotopic (exact) mass is 953 g/mol. The largest absolute Gasteiger partial charge is 0.480 e. The third kappa shape index (κ3) is 14.4. The molecule has 24 nitrogen and oxygen atoms in total. The SMILES string of the molecule is CNC(=O)N1CC[C@H]2CC[C@@H](C(=O)O)N2C(=O)[C@@H](NC(=O)[C@H](C)N(C)C(=O)OC(C)(C)C)C1.CNC(=O)N1CC[C@H]2CC[C@@H](C(=O)OC)N2C(=O)[C@@H](NC(=O)[C@H](C)N(C)C(=O)OC(C)(C)C)C1. The lowest BCUT2D eigenvalue weighted by atomic mass is 10.1. The maximum absolute atomic E-state index is 13.6. The zero-order valence-corrected chi connectivity index (χ0v) is 41.1. The van der Waals surface area contributed by atoms with Gasteiger partial charge in [0.25, 0.3) is 0 Å². The molecule has 4 rings (SSSR count). The average Bonchev–Trinajstić information content (AvgIpc) is 3.88. The van der Waals surface area contributed by atoms with Crippen LogP contribution in [0.1, 0.15) is 93.9 Å². The number of nitrogens with zero attached hydrogens (tertiary/aromatic N) is 6. The molecule has 0 unspecified atom stereocenters. The highest BCUT2D eigenvalue weighted by Gasteiger charge is 2.48. The van der Waals surface area contributed by atoms with Crippen LogP contribution in [0, 0.1) is 0 Å². The van der Waals surface area contributed by atoms with Crippen molar-refractivity contribution in [3.05, 3.63) is 0 Å². The predicted molar refractivity (Wildman–Crippen MR) is 239 cm³/mol. The van der Waals surface area contributed by atoms with E-state index in [0.29, 0.717) is 51.6 Å². The number of carbonyl (C=O) groups is 10. The van der Waals surface area contributed by atoms with Crippen molar-refractivity contribution in [1.29, 1.82) is 0 Å². The molecular weight excluding hydrogens is 881 g/mol. The Morgan fingerprint density at radius 2 is 0.985 bits per heavy atom. The van der Waals surface area contributed by atoms with Crippen LogP contribution in [0.3, 0.4) is 0 Å². The fourth-order valence-corrected chi connectivity index (χ4v) is 8.18. The van der Waals surface area contributed by atoms with Gasteiger partial charge >= 0.3 is 36.2 Å². The smallest absolute Gasteiger partial charge is 0.410 e. The van der Waals surface area contributed by atoms with Crippen LogP contribution in [0.15, 0.2) is 0 Å². The van der Waals surface area contributed by atoms with Crippen molar-refractivity contribution >= 4 is 59.8 Å². The third-order valence-corrected chi connectivity index (χ3v) is 12.1. The summed E-state index contributed by atoms with van der Waals surface area (Å²) in [4.78, 5) is 134. The van der Waals surface area contributed by atoms with Gasteiger partial charge in [-0.25, -0.2) is 28.8 Å². The molecule has 0 aliphatic carbocycles. The second kappa shape index (κ2) is 23.1. The number of carbonyl (C=O) groups excluding carboxylic acids is 9. The first kappa shape index (κ1) is 55.2. The van der Waals surface area contributed by atoms with Crippen molar-refractivity contribution in [2.24, 2.45) is 0 Å². The van der Waals surface area contributed by atoms with Gasteiger partial charge in [0.05, 0.1) is 20.2 Å². The number of methoxy groups -OCH3 is 1. The van der Waals surface area contributed by atoms with E-state index in [0.717, 1.165) is 9.80 Å². The second-order valence-corrected chi connectivity index (χ2v) is 19.1. The number of carboxylic acid groups (broad SMARTS) is 1. The zero-order valence-electron chi connectivity index (χ0n) is 41.1. The molecule has 4 fully saturated rings. The summed E-state index contributed by atoms with van der Waals surface area (Å²) in [6.45, 7) is 13.7. The molecule has 0 spiro atoms. The number of fused-ring (bicyclic) bond motifs is 2. The fourth-order valence-electron chi connectivity index (χ4n) is 8.18. The molecule has 0 radical (unpaired) electrons. The Kier molecular flexibility index (Phi) is 19.0. The molecule has 0 bridgehead atoms. The number of rotatable bonds is 8. The molecular formula is C43H72N10O14. The highest BCUT2D eigenvalue weighted by molar-refractivity contribution is 5.95. The summed E-state index contributed by atoms with van der Waals surface area (Å²) in [6.07, 6.45) is 1.41. The van der Waals surface area contributed by atoms with Gasteiger partial charge in [-0.2, -0.15) is 0 Å². The summed E-state index contributed by atoms with van der Waals surface area (Å²) < 4.78 is 15.5. The van der Waals surface area contributed by atoms with E-state index in [-0.39, 0.29) is 31.2 Å². The summed E-state index contributed by atoms with van der Waals surface area (Å²) in [5, 5.41) is 20.0. The molecule has 4 heterocycles. The number of likely N-dealkylation sites (N-methyl/N-ethyl adjacent to an activating group) is 2. The van der Waals surface area contributed by atoms with Crippen molar-refractivity contribution in [1.82, 2.24) is 50.7 Å². The molecule has 67 heavy (non-hydrogen) atoms. The van der Waals surface area contributed by atoms with E-state index in [1.165, 1.54) is 68.7 Å². The van der Waals surface area contributed by atoms with E-state index in [4.69, 9.17) is 14.2 Å². The molecule has 4 saturated heterocycles. The number of carboxylic acids is 1. The molecule has 4 aliphatic rings. The summed E-state index contributed by atoms with van der Waals surface area (Å²) in [7, 11) is 7.07. The standard InChI is InChI=1S/C22H37N5O7.C21H35N5O7/c1-13(25(6)21(32)34-22(2,3)4)17(28)24-15-12-26(20(31)23-5)11-10-14-8-9-16(19(30)33-7)27(14)18(15)29;1-12(24(6)20(32)33-21(2,3)4)16(27)23-14-11-25(19(31)22-5)10-9-13-7-8-15(18(29)30)26(13)17(14)28/h13-16H,8-12H2,1-7H3,(H,23,31)(H,24,28);12-15H,7-11H2,1-6H3,(H,22,31)(H,23,27)(H,29,30)/t13-,14+,15-,16-;12-,13+,14-,15-/m00/s1. The Hall–Kier alpha value is -6.10. The first-order valence-electron chi connectivity index (χ1n) is 22.5. The molecule has 8 atom stereocenters. The van der Waals surface area contributed by atoms with Crippen LogP contribution < -0.4 is 21.3 Å². The number of aliphatic carboxylic acids is 1. The summed E-state index contributed by atoms with van der Waals surface area (Å²) in [5.41, 5.74) is -1.49. The highest BCUT2D eigenvalue weighted by Crippen LogP contribution is 2.31.